The Morgan fingerprint density at radius 1 is 1.07 bits per heavy atom. The smallest absolute Gasteiger partial charge is 0.335 e. The van der Waals surface area contributed by atoms with E-state index in [9.17, 15) is 19.2 Å². The van der Waals surface area contributed by atoms with E-state index in [0.717, 1.165) is 16.0 Å². The third-order valence-electron chi connectivity index (χ3n) is 4.14. The number of amides is 5. The highest BCUT2D eigenvalue weighted by molar-refractivity contribution is 6.39. The van der Waals surface area contributed by atoms with E-state index in [0.29, 0.717) is 17.0 Å². The molecule has 2 aromatic carbocycles. The van der Waals surface area contributed by atoms with Crippen LogP contribution in [0.25, 0.3) is 6.08 Å². The van der Waals surface area contributed by atoms with Crippen molar-refractivity contribution < 1.29 is 23.9 Å². The molecule has 2 aromatic rings. The second-order valence-electron chi connectivity index (χ2n) is 6.63. The number of aryl methyl sites for hydroxylation is 2. The first-order valence-electron chi connectivity index (χ1n) is 8.75. The van der Waals surface area contributed by atoms with Gasteiger partial charge in [-0.15, -0.1) is 0 Å². The Morgan fingerprint density at radius 2 is 1.69 bits per heavy atom. The fourth-order valence-corrected chi connectivity index (χ4v) is 2.95. The molecule has 0 spiro atoms. The van der Waals surface area contributed by atoms with E-state index in [1.165, 1.54) is 6.08 Å². The van der Waals surface area contributed by atoms with Crippen LogP contribution in [0.15, 0.2) is 48.0 Å². The van der Waals surface area contributed by atoms with Crippen molar-refractivity contribution in [1.29, 1.82) is 0 Å². The molecule has 1 heterocycles. The molecule has 3 N–H and O–H groups in total. The van der Waals surface area contributed by atoms with Gasteiger partial charge in [-0.3, -0.25) is 19.7 Å². The van der Waals surface area contributed by atoms with Gasteiger partial charge in [-0.25, -0.2) is 9.69 Å². The lowest BCUT2D eigenvalue weighted by Gasteiger charge is -2.27. The van der Waals surface area contributed by atoms with E-state index in [1.807, 2.05) is 19.9 Å². The topological polar surface area (TPSA) is 119 Å². The van der Waals surface area contributed by atoms with Gasteiger partial charge in [-0.1, -0.05) is 18.2 Å². The van der Waals surface area contributed by atoms with Gasteiger partial charge in [0.2, 0.25) is 0 Å². The van der Waals surface area contributed by atoms with Crippen molar-refractivity contribution in [2.75, 3.05) is 11.5 Å². The molecule has 1 aliphatic heterocycles. The minimum absolute atomic E-state index is 0.172. The highest BCUT2D eigenvalue weighted by atomic mass is 16.5. The van der Waals surface area contributed by atoms with Crippen molar-refractivity contribution in [3.05, 3.63) is 64.7 Å². The van der Waals surface area contributed by atoms with Crippen LogP contribution in [-0.2, 0) is 14.4 Å². The van der Waals surface area contributed by atoms with Crippen molar-refractivity contribution in [3.8, 4) is 5.75 Å². The average molecular weight is 393 g/mol. The number of barbiturate groups is 1. The maximum absolute atomic E-state index is 12.9. The Bertz CT molecular complexity index is 1020. The summed E-state index contributed by atoms with van der Waals surface area (Å²) in [6, 6.07) is 10.9. The maximum atomic E-state index is 12.9. The second kappa shape index (κ2) is 7.97. The lowest BCUT2D eigenvalue weighted by atomic mass is 10.1. The van der Waals surface area contributed by atoms with E-state index in [-0.39, 0.29) is 12.2 Å². The average Bonchev–Trinajstić information content (AvgIpc) is 2.63. The van der Waals surface area contributed by atoms with Gasteiger partial charge in [-0.05, 0) is 60.9 Å². The summed E-state index contributed by atoms with van der Waals surface area (Å²) in [6.45, 7) is 3.45. The summed E-state index contributed by atoms with van der Waals surface area (Å²) in [5.41, 5.74) is 7.56. The molecule has 0 unspecified atom stereocenters. The van der Waals surface area contributed by atoms with Gasteiger partial charge in [0.1, 0.15) is 11.3 Å². The van der Waals surface area contributed by atoms with Crippen LogP contribution in [0.5, 0.6) is 5.75 Å². The minimum Gasteiger partial charge on any atom is -0.484 e. The van der Waals surface area contributed by atoms with Crippen molar-refractivity contribution in [3.63, 3.8) is 0 Å². The number of hydrogen-bond donors (Lipinski definition) is 2. The minimum atomic E-state index is -0.794. The number of ether oxygens (including phenoxy) is 1. The normalized spacial score (nSPS) is 15.4. The summed E-state index contributed by atoms with van der Waals surface area (Å²) in [4.78, 5) is 49.2. The Labute approximate surface area is 166 Å². The van der Waals surface area contributed by atoms with Crippen LogP contribution in [0.4, 0.5) is 10.5 Å². The summed E-state index contributed by atoms with van der Waals surface area (Å²) in [6.07, 6.45) is 1.39. The highest BCUT2D eigenvalue weighted by Crippen LogP contribution is 2.24. The van der Waals surface area contributed by atoms with Crippen molar-refractivity contribution in [2.45, 2.75) is 13.8 Å². The van der Waals surface area contributed by atoms with E-state index in [4.69, 9.17) is 10.5 Å². The molecule has 8 nitrogen and oxygen atoms in total. The highest BCUT2D eigenvalue weighted by Gasteiger charge is 2.36. The van der Waals surface area contributed by atoms with Gasteiger partial charge < -0.3 is 10.5 Å². The van der Waals surface area contributed by atoms with E-state index in [2.05, 4.69) is 5.32 Å². The lowest BCUT2D eigenvalue weighted by molar-refractivity contribution is -0.123. The van der Waals surface area contributed by atoms with Crippen molar-refractivity contribution in [2.24, 2.45) is 5.73 Å². The number of imide groups is 2. The number of nitrogens with two attached hydrogens (primary N) is 1. The standard InChI is InChI=1S/C21H19N3O5/c1-12-7-13(2)9-15(8-12)24-20(27)17(19(26)23-21(24)28)10-14-3-5-16(6-4-14)29-11-18(22)25/h3-10H,11H2,1-2H3,(H2,22,25)(H,23,26,28)/b17-10+. The summed E-state index contributed by atoms with van der Waals surface area (Å²) >= 11 is 0. The number of primary amides is 1. The molecule has 0 radical (unpaired) electrons. The van der Waals surface area contributed by atoms with E-state index < -0.39 is 23.8 Å². The van der Waals surface area contributed by atoms with Crippen LogP contribution in [-0.4, -0.2) is 30.4 Å². The number of carbonyl (C=O) groups excluding carboxylic acids is 4. The quantitative estimate of drug-likeness (QED) is 0.593. The Balaban J connectivity index is 1.90. The molecular formula is C21H19N3O5. The van der Waals surface area contributed by atoms with Crippen LogP contribution in [0.1, 0.15) is 16.7 Å². The van der Waals surface area contributed by atoms with Crippen LogP contribution in [0.2, 0.25) is 0 Å². The third kappa shape index (κ3) is 4.49. The number of anilines is 1. The number of urea groups is 1. The largest absolute Gasteiger partial charge is 0.484 e. The Morgan fingerprint density at radius 3 is 2.28 bits per heavy atom. The molecule has 1 aliphatic rings. The summed E-state index contributed by atoms with van der Waals surface area (Å²) in [5, 5.41) is 2.19. The number of nitrogens with one attached hydrogen (secondary N) is 1. The molecule has 5 amide bonds. The number of nitrogens with zero attached hydrogens (tertiary/aromatic N) is 1. The fraction of sp³-hybridized carbons (Fsp3) is 0.143. The van der Waals surface area contributed by atoms with E-state index in [1.54, 1.807) is 36.4 Å². The van der Waals surface area contributed by atoms with Crippen LogP contribution < -0.4 is 20.7 Å². The lowest BCUT2D eigenvalue weighted by Crippen LogP contribution is -2.54. The predicted octanol–water partition coefficient (Wildman–Crippen LogP) is 1.83. The van der Waals surface area contributed by atoms with Crippen molar-refractivity contribution in [1.82, 2.24) is 5.32 Å². The van der Waals surface area contributed by atoms with Gasteiger partial charge in [0.05, 0.1) is 5.69 Å². The van der Waals surface area contributed by atoms with Crippen LogP contribution >= 0.6 is 0 Å². The van der Waals surface area contributed by atoms with Gasteiger partial charge in [-0.2, -0.15) is 0 Å². The van der Waals surface area contributed by atoms with Crippen LogP contribution in [0.3, 0.4) is 0 Å². The molecule has 3 rings (SSSR count). The molecule has 0 aromatic heterocycles. The summed E-state index contributed by atoms with van der Waals surface area (Å²) in [5.74, 6) is -1.67. The molecule has 0 aliphatic carbocycles. The number of carbonyl (C=O) groups is 4. The monoisotopic (exact) mass is 393 g/mol. The molecule has 29 heavy (non-hydrogen) atoms. The van der Waals surface area contributed by atoms with Crippen LogP contribution in [0, 0.1) is 13.8 Å². The molecule has 148 valence electrons. The second-order valence-corrected chi connectivity index (χ2v) is 6.63. The first kappa shape index (κ1) is 19.8. The summed E-state index contributed by atoms with van der Waals surface area (Å²) in [7, 11) is 0. The number of hydrogen-bond acceptors (Lipinski definition) is 5. The van der Waals surface area contributed by atoms with E-state index >= 15 is 0 Å². The molecule has 0 bridgehead atoms. The molecule has 1 fully saturated rings. The van der Waals surface area contributed by atoms with Crippen molar-refractivity contribution >= 4 is 35.5 Å². The number of benzene rings is 2. The summed E-state index contributed by atoms with van der Waals surface area (Å²) < 4.78 is 5.17. The Kier molecular flexibility index (Phi) is 5.45. The molecule has 8 heteroatoms. The third-order valence-corrected chi connectivity index (χ3v) is 4.14. The SMILES string of the molecule is Cc1cc(C)cc(N2C(=O)NC(=O)/C(=C\c3ccc(OCC(N)=O)cc3)C2=O)c1. The molecule has 0 atom stereocenters. The van der Waals surface area contributed by atoms with Gasteiger partial charge >= 0.3 is 6.03 Å². The predicted molar refractivity (Wildman–Crippen MR) is 106 cm³/mol. The number of rotatable bonds is 5. The zero-order valence-electron chi connectivity index (χ0n) is 15.9. The van der Waals surface area contributed by atoms with Gasteiger partial charge in [0.25, 0.3) is 17.7 Å². The zero-order chi connectivity index (χ0) is 21.1. The first-order valence-corrected chi connectivity index (χ1v) is 8.75. The molecular weight excluding hydrogens is 374 g/mol. The maximum Gasteiger partial charge on any atom is 0.335 e. The van der Waals surface area contributed by atoms with Gasteiger partial charge in [0, 0.05) is 0 Å². The van der Waals surface area contributed by atoms with Gasteiger partial charge in [0.15, 0.2) is 6.61 Å². The Hall–Kier alpha value is -3.94. The molecule has 1 saturated heterocycles. The fourth-order valence-electron chi connectivity index (χ4n) is 2.95. The first-order chi connectivity index (χ1) is 13.7. The molecule has 0 saturated carbocycles. The zero-order valence-corrected chi connectivity index (χ0v) is 15.9.